The Morgan fingerprint density at radius 2 is 2.06 bits per heavy atom. The van der Waals surface area contributed by atoms with Gasteiger partial charge in [0.15, 0.2) is 0 Å². The molecule has 0 aromatic heterocycles. The van der Waals surface area contributed by atoms with Gasteiger partial charge < -0.3 is 11.1 Å². The zero-order chi connectivity index (χ0) is 13.2. The number of hydrogen-bond donors (Lipinski definition) is 2. The van der Waals surface area contributed by atoms with Crippen LogP contribution >= 0.6 is 0 Å². The first-order valence-electron chi connectivity index (χ1n) is 7.09. The van der Waals surface area contributed by atoms with Gasteiger partial charge in [-0.05, 0) is 55.3 Å². The van der Waals surface area contributed by atoms with Crippen molar-refractivity contribution in [2.75, 3.05) is 13.1 Å². The zero-order valence-corrected chi connectivity index (χ0v) is 11.9. The molecule has 0 radical (unpaired) electrons. The maximum absolute atomic E-state index is 6.06. The molecule has 1 fully saturated rings. The number of hydrogen-bond acceptors (Lipinski definition) is 2. The molecular formula is C16H26N2. The fraction of sp³-hybridized carbons (Fsp3) is 0.625. The van der Waals surface area contributed by atoms with Gasteiger partial charge in [0.2, 0.25) is 0 Å². The largest absolute Gasteiger partial charge is 0.324 e. The van der Waals surface area contributed by atoms with E-state index >= 15 is 0 Å². The summed E-state index contributed by atoms with van der Waals surface area (Å²) in [6, 6.07) is 6.85. The summed E-state index contributed by atoms with van der Waals surface area (Å²) in [7, 11) is 0. The van der Waals surface area contributed by atoms with Gasteiger partial charge in [-0.3, -0.25) is 0 Å². The van der Waals surface area contributed by atoms with E-state index in [1.807, 2.05) is 0 Å². The standard InChI is InChI=1S/C16H26N2/c1-12(2)14-5-4-13(3)15(10-14)6-9-18-11-16(17)7-8-16/h4-5,10,12,18H,6-9,11,17H2,1-3H3. The van der Waals surface area contributed by atoms with Crippen molar-refractivity contribution in [2.24, 2.45) is 5.73 Å². The average molecular weight is 246 g/mol. The van der Waals surface area contributed by atoms with Gasteiger partial charge in [0, 0.05) is 12.1 Å². The molecule has 2 nitrogen and oxygen atoms in total. The van der Waals surface area contributed by atoms with Crippen LogP contribution in [0.3, 0.4) is 0 Å². The summed E-state index contributed by atoms with van der Waals surface area (Å²) in [5, 5.41) is 3.49. The summed E-state index contributed by atoms with van der Waals surface area (Å²) in [6.07, 6.45) is 3.46. The summed E-state index contributed by atoms with van der Waals surface area (Å²) in [4.78, 5) is 0. The third-order valence-corrected chi connectivity index (χ3v) is 3.98. The van der Waals surface area contributed by atoms with E-state index in [9.17, 15) is 0 Å². The average Bonchev–Trinajstić information content (AvgIpc) is 3.05. The maximum Gasteiger partial charge on any atom is 0.0282 e. The SMILES string of the molecule is Cc1ccc(C(C)C)cc1CCNCC1(N)CC1. The van der Waals surface area contributed by atoms with Crippen molar-refractivity contribution >= 4 is 0 Å². The predicted octanol–water partition coefficient (Wildman–Crippen LogP) is 2.74. The molecule has 18 heavy (non-hydrogen) atoms. The van der Waals surface area contributed by atoms with Gasteiger partial charge in [0.05, 0.1) is 0 Å². The Kier molecular flexibility index (Phi) is 4.08. The summed E-state index contributed by atoms with van der Waals surface area (Å²) in [5.74, 6) is 0.607. The van der Waals surface area contributed by atoms with Crippen LogP contribution in [-0.2, 0) is 6.42 Å². The predicted molar refractivity (Wildman–Crippen MR) is 78.0 cm³/mol. The fourth-order valence-electron chi connectivity index (χ4n) is 2.22. The van der Waals surface area contributed by atoms with Crippen LogP contribution in [0.1, 0.15) is 49.3 Å². The number of rotatable bonds is 6. The van der Waals surface area contributed by atoms with E-state index in [1.165, 1.54) is 29.5 Å². The van der Waals surface area contributed by atoms with E-state index in [1.54, 1.807) is 0 Å². The Morgan fingerprint density at radius 1 is 1.33 bits per heavy atom. The Balaban J connectivity index is 1.85. The molecule has 3 N–H and O–H groups in total. The lowest BCUT2D eigenvalue weighted by molar-refractivity contribution is 0.570. The maximum atomic E-state index is 6.06. The van der Waals surface area contributed by atoms with Gasteiger partial charge in [-0.1, -0.05) is 32.0 Å². The van der Waals surface area contributed by atoms with Crippen LogP contribution in [0.25, 0.3) is 0 Å². The lowest BCUT2D eigenvalue weighted by atomic mass is 9.96. The number of nitrogens with two attached hydrogens (primary N) is 1. The highest BCUT2D eigenvalue weighted by Gasteiger charge is 2.37. The van der Waals surface area contributed by atoms with Gasteiger partial charge in [-0.15, -0.1) is 0 Å². The molecule has 0 bridgehead atoms. The lowest BCUT2D eigenvalue weighted by Crippen LogP contribution is -2.36. The van der Waals surface area contributed by atoms with Gasteiger partial charge in [0.1, 0.15) is 0 Å². The summed E-state index contributed by atoms with van der Waals surface area (Å²) in [5.41, 5.74) is 10.5. The second-order valence-corrected chi connectivity index (χ2v) is 6.13. The molecule has 0 heterocycles. The molecule has 100 valence electrons. The first-order valence-corrected chi connectivity index (χ1v) is 7.09. The smallest absolute Gasteiger partial charge is 0.0282 e. The number of nitrogens with one attached hydrogen (secondary N) is 1. The van der Waals surface area contributed by atoms with E-state index in [0.717, 1.165) is 19.5 Å². The van der Waals surface area contributed by atoms with E-state index in [0.29, 0.717) is 5.92 Å². The monoisotopic (exact) mass is 246 g/mol. The number of aryl methyl sites for hydroxylation is 1. The molecule has 1 aromatic carbocycles. The molecule has 0 aliphatic heterocycles. The molecule has 2 heteroatoms. The van der Waals surface area contributed by atoms with Crippen LogP contribution in [-0.4, -0.2) is 18.6 Å². The molecule has 2 rings (SSSR count). The summed E-state index contributed by atoms with van der Waals surface area (Å²) < 4.78 is 0. The van der Waals surface area contributed by atoms with E-state index in [-0.39, 0.29) is 5.54 Å². The first kappa shape index (κ1) is 13.6. The molecule has 0 saturated heterocycles. The van der Waals surface area contributed by atoms with Crippen molar-refractivity contribution in [1.82, 2.24) is 5.32 Å². The molecule has 0 amide bonds. The van der Waals surface area contributed by atoms with E-state index < -0.39 is 0 Å². The van der Waals surface area contributed by atoms with Crippen LogP contribution in [0.4, 0.5) is 0 Å². The van der Waals surface area contributed by atoms with Crippen LogP contribution in [0.2, 0.25) is 0 Å². The molecule has 1 aromatic rings. The van der Waals surface area contributed by atoms with Crippen molar-refractivity contribution in [3.8, 4) is 0 Å². The molecule has 0 atom stereocenters. The van der Waals surface area contributed by atoms with Gasteiger partial charge >= 0.3 is 0 Å². The van der Waals surface area contributed by atoms with Crippen LogP contribution in [0, 0.1) is 6.92 Å². The minimum Gasteiger partial charge on any atom is -0.324 e. The van der Waals surface area contributed by atoms with Crippen LogP contribution < -0.4 is 11.1 Å². The van der Waals surface area contributed by atoms with Crippen molar-refractivity contribution in [2.45, 2.75) is 51.5 Å². The van der Waals surface area contributed by atoms with Gasteiger partial charge in [-0.2, -0.15) is 0 Å². The Labute approximate surface area is 111 Å². The van der Waals surface area contributed by atoms with Gasteiger partial charge in [-0.25, -0.2) is 0 Å². The second kappa shape index (κ2) is 5.41. The Morgan fingerprint density at radius 3 is 2.67 bits per heavy atom. The van der Waals surface area contributed by atoms with Gasteiger partial charge in [0.25, 0.3) is 0 Å². The summed E-state index contributed by atoms with van der Waals surface area (Å²) in [6.45, 7) is 8.69. The highest BCUT2D eigenvalue weighted by Crippen LogP contribution is 2.30. The molecular weight excluding hydrogens is 220 g/mol. The topological polar surface area (TPSA) is 38.0 Å². The minimum absolute atomic E-state index is 0.120. The van der Waals surface area contributed by atoms with E-state index in [4.69, 9.17) is 5.73 Å². The highest BCUT2D eigenvalue weighted by molar-refractivity contribution is 5.32. The lowest BCUT2D eigenvalue weighted by Gasteiger charge is -2.13. The van der Waals surface area contributed by atoms with E-state index in [2.05, 4.69) is 44.3 Å². The molecule has 1 aliphatic rings. The first-order chi connectivity index (χ1) is 8.50. The highest BCUT2D eigenvalue weighted by atomic mass is 15.0. The van der Waals surface area contributed by atoms with Crippen molar-refractivity contribution < 1.29 is 0 Å². The quantitative estimate of drug-likeness (QED) is 0.757. The molecule has 1 saturated carbocycles. The Bertz CT molecular complexity index is 406. The van der Waals surface area contributed by atoms with Crippen LogP contribution in [0.15, 0.2) is 18.2 Å². The van der Waals surface area contributed by atoms with Crippen LogP contribution in [0.5, 0.6) is 0 Å². The summed E-state index contributed by atoms with van der Waals surface area (Å²) >= 11 is 0. The van der Waals surface area contributed by atoms with Crippen molar-refractivity contribution in [1.29, 1.82) is 0 Å². The normalized spacial score (nSPS) is 17.2. The Hall–Kier alpha value is -0.860. The number of benzene rings is 1. The van der Waals surface area contributed by atoms with Crippen molar-refractivity contribution in [3.63, 3.8) is 0 Å². The molecule has 0 unspecified atom stereocenters. The fourth-order valence-corrected chi connectivity index (χ4v) is 2.22. The third-order valence-electron chi connectivity index (χ3n) is 3.98. The third kappa shape index (κ3) is 3.56. The molecule has 1 aliphatic carbocycles. The minimum atomic E-state index is 0.120. The van der Waals surface area contributed by atoms with Crippen molar-refractivity contribution in [3.05, 3.63) is 34.9 Å². The molecule has 0 spiro atoms. The zero-order valence-electron chi connectivity index (χ0n) is 11.9. The second-order valence-electron chi connectivity index (χ2n) is 6.13.